The highest BCUT2D eigenvalue weighted by molar-refractivity contribution is 6.11. The minimum atomic E-state index is 0.0387. The lowest BCUT2D eigenvalue weighted by Crippen LogP contribution is -2.40. The van der Waals surface area contributed by atoms with Crippen LogP contribution in [0.1, 0.15) is 38.4 Å². The van der Waals surface area contributed by atoms with E-state index in [-0.39, 0.29) is 11.9 Å². The van der Waals surface area contributed by atoms with Gasteiger partial charge in [-0.15, -0.1) is 0 Å². The van der Waals surface area contributed by atoms with Crippen molar-refractivity contribution in [2.45, 2.75) is 33.2 Å². The van der Waals surface area contributed by atoms with E-state index in [1.165, 1.54) is 6.20 Å². The maximum Gasteiger partial charge on any atom is 0.219 e. The highest BCUT2D eigenvalue weighted by Gasteiger charge is 2.25. The number of hydrogen-bond acceptors (Lipinski definition) is 6. The highest BCUT2D eigenvalue weighted by Crippen LogP contribution is 2.28. The average molecular weight is 419 g/mol. The lowest BCUT2D eigenvalue weighted by molar-refractivity contribution is -0.128. The molecule has 31 heavy (non-hydrogen) atoms. The van der Waals surface area contributed by atoms with Crippen LogP contribution < -0.4 is 11.5 Å². The Morgan fingerprint density at radius 2 is 2.10 bits per heavy atom. The van der Waals surface area contributed by atoms with Crippen molar-refractivity contribution in [1.29, 1.82) is 0 Å². The number of amides is 1. The van der Waals surface area contributed by atoms with Crippen molar-refractivity contribution < 1.29 is 4.79 Å². The average Bonchev–Trinajstić information content (AvgIpc) is 2.76. The Balaban J connectivity index is 2.15. The van der Waals surface area contributed by atoms with E-state index in [9.17, 15) is 4.79 Å². The topological polar surface area (TPSA) is 110 Å². The summed E-state index contributed by atoms with van der Waals surface area (Å²) >= 11 is 0. The van der Waals surface area contributed by atoms with E-state index in [0.29, 0.717) is 25.2 Å². The van der Waals surface area contributed by atoms with Crippen molar-refractivity contribution in [2.75, 3.05) is 20.1 Å². The van der Waals surface area contributed by atoms with Crippen LogP contribution in [0.5, 0.6) is 0 Å². The van der Waals surface area contributed by atoms with Crippen LogP contribution >= 0.6 is 0 Å². The summed E-state index contributed by atoms with van der Waals surface area (Å²) in [5.74, 6) is 0.0387. The van der Waals surface area contributed by atoms with Gasteiger partial charge in [-0.1, -0.05) is 18.2 Å². The molecule has 2 heterocycles. The zero-order chi connectivity index (χ0) is 22.5. The van der Waals surface area contributed by atoms with Crippen LogP contribution in [0.25, 0.3) is 22.0 Å². The summed E-state index contributed by atoms with van der Waals surface area (Å²) in [6.45, 7) is 6.80. The minimum absolute atomic E-state index is 0.0387. The number of rotatable bonds is 4. The van der Waals surface area contributed by atoms with Crippen molar-refractivity contribution in [2.24, 2.45) is 21.5 Å². The van der Waals surface area contributed by atoms with E-state index >= 15 is 0 Å². The Bertz CT molecular complexity index is 1110. The molecule has 0 aliphatic carbocycles. The van der Waals surface area contributed by atoms with Gasteiger partial charge in [0.15, 0.2) is 0 Å². The second-order valence-electron chi connectivity index (χ2n) is 7.86. The molecular weight excluding hydrogens is 388 g/mol. The molecule has 7 nitrogen and oxygen atoms in total. The van der Waals surface area contributed by atoms with E-state index in [1.54, 1.807) is 20.2 Å². The van der Waals surface area contributed by atoms with Gasteiger partial charge in [0.2, 0.25) is 5.91 Å². The predicted octanol–water partition coefficient (Wildman–Crippen LogP) is 3.01. The summed E-state index contributed by atoms with van der Waals surface area (Å²) in [6.07, 6.45) is 5.68. The number of benzene rings is 1. The molecule has 1 aliphatic rings. The molecule has 3 rings (SSSR count). The molecule has 4 N–H and O–H groups in total. The first-order valence-corrected chi connectivity index (χ1v) is 10.4. The number of likely N-dealkylation sites (tertiary alicyclic amines) is 1. The Labute approximate surface area is 183 Å². The van der Waals surface area contributed by atoms with Crippen LogP contribution in [-0.4, -0.2) is 53.9 Å². The molecule has 0 unspecified atom stereocenters. The predicted molar refractivity (Wildman–Crippen MR) is 129 cm³/mol. The first-order valence-electron chi connectivity index (χ1n) is 10.4. The van der Waals surface area contributed by atoms with Crippen LogP contribution in [-0.2, 0) is 4.79 Å². The van der Waals surface area contributed by atoms with Gasteiger partial charge in [-0.3, -0.25) is 19.8 Å². The van der Waals surface area contributed by atoms with Crippen LogP contribution in [0, 0.1) is 0 Å². The Morgan fingerprint density at radius 3 is 2.74 bits per heavy atom. The van der Waals surface area contributed by atoms with E-state index in [0.717, 1.165) is 38.9 Å². The highest BCUT2D eigenvalue weighted by atomic mass is 16.2. The Hall–Kier alpha value is -3.48. The number of allylic oxidation sites excluding steroid dienone is 1. The van der Waals surface area contributed by atoms with Crippen LogP contribution in [0.3, 0.4) is 0 Å². The molecule has 0 radical (unpaired) electrons. The first-order chi connectivity index (χ1) is 14.8. The second-order valence-corrected chi connectivity index (χ2v) is 7.86. The fourth-order valence-corrected chi connectivity index (χ4v) is 3.78. The largest absolute Gasteiger partial charge is 0.404 e. The number of fused-ring (bicyclic) bond motifs is 1. The third kappa shape index (κ3) is 4.82. The monoisotopic (exact) mass is 418 g/mol. The molecule has 1 aromatic carbocycles. The van der Waals surface area contributed by atoms with Gasteiger partial charge < -0.3 is 16.4 Å². The van der Waals surface area contributed by atoms with Gasteiger partial charge in [0.25, 0.3) is 0 Å². The number of hydrogen-bond donors (Lipinski definition) is 2. The smallest absolute Gasteiger partial charge is 0.219 e. The number of aromatic nitrogens is 1. The summed E-state index contributed by atoms with van der Waals surface area (Å²) in [6, 6.07) is 8.10. The van der Waals surface area contributed by atoms with Crippen molar-refractivity contribution in [1.82, 2.24) is 9.88 Å². The van der Waals surface area contributed by atoms with Crippen LogP contribution in [0.4, 0.5) is 0 Å². The van der Waals surface area contributed by atoms with Crippen molar-refractivity contribution in [3.8, 4) is 0 Å². The van der Waals surface area contributed by atoms with E-state index < -0.39 is 0 Å². The fraction of sp³-hybridized carbons (Fsp3) is 0.333. The van der Waals surface area contributed by atoms with Gasteiger partial charge in [0.1, 0.15) is 0 Å². The number of aliphatic imine (C=N–C) groups is 2. The van der Waals surface area contributed by atoms with Gasteiger partial charge in [0, 0.05) is 91.6 Å². The van der Waals surface area contributed by atoms with Crippen molar-refractivity contribution in [3.63, 3.8) is 0 Å². The normalized spacial score (nSPS) is 18.4. The summed E-state index contributed by atoms with van der Waals surface area (Å²) < 4.78 is 0. The SMILES string of the molecule is CN=C/C(=C\N)c1cc2cccc(/C(N)=C3\CN(C(C)=O)CCC3=NC(C)C)c2cn1. The third-order valence-electron chi connectivity index (χ3n) is 5.30. The van der Waals surface area contributed by atoms with Gasteiger partial charge in [-0.25, -0.2) is 0 Å². The van der Waals surface area contributed by atoms with Gasteiger partial charge in [-0.2, -0.15) is 0 Å². The molecule has 0 saturated carbocycles. The molecule has 162 valence electrons. The van der Waals surface area contributed by atoms with Crippen molar-refractivity contribution >= 4 is 39.9 Å². The number of piperidine rings is 1. The van der Waals surface area contributed by atoms with Gasteiger partial charge >= 0.3 is 0 Å². The van der Waals surface area contributed by atoms with E-state index in [1.807, 2.05) is 49.2 Å². The molecule has 0 atom stereocenters. The molecule has 1 amide bonds. The quantitative estimate of drug-likeness (QED) is 0.744. The maximum atomic E-state index is 12.0. The Morgan fingerprint density at radius 1 is 1.32 bits per heavy atom. The number of carbonyl (C=O) groups excluding carboxylic acids is 1. The summed E-state index contributed by atoms with van der Waals surface area (Å²) in [7, 11) is 1.69. The minimum Gasteiger partial charge on any atom is -0.404 e. The number of pyridine rings is 1. The molecule has 0 bridgehead atoms. The second kappa shape index (κ2) is 9.55. The van der Waals surface area contributed by atoms with E-state index in [2.05, 4.69) is 9.98 Å². The first kappa shape index (κ1) is 22.2. The number of nitrogens with two attached hydrogens (primary N) is 2. The molecule has 2 aromatic rings. The molecule has 1 fully saturated rings. The Kier molecular flexibility index (Phi) is 6.84. The summed E-state index contributed by atoms with van der Waals surface area (Å²) in [5.41, 5.74) is 17.3. The molecule has 1 saturated heterocycles. The number of nitrogens with zero attached hydrogens (tertiary/aromatic N) is 4. The molecule has 0 spiro atoms. The summed E-state index contributed by atoms with van der Waals surface area (Å²) in [4.78, 5) is 27.2. The molecule has 1 aromatic heterocycles. The van der Waals surface area contributed by atoms with Crippen molar-refractivity contribution in [3.05, 3.63) is 53.5 Å². The standard InChI is InChI=1S/C24H30N6O/c1-15(2)29-22-8-9-30(16(3)31)14-21(22)24(26)19-7-5-6-17-10-23(28-13-20(17)19)18(11-25)12-27-4/h5-7,10-13,15H,8-9,14,25-26H2,1-4H3/b18-11+,24-21-,27-12?,29-22?. The maximum absolute atomic E-state index is 12.0. The fourth-order valence-electron chi connectivity index (χ4n) is 3.78. The zero-order valence-electron chi connectivity index (χ0n) is 18.6. The van der Waals surface area contributed by atoms with Gasteiger partial charge in [0.05, 0.1) is 5.69 Å². The molecule has 1 aliphatic heterocycles. The molecular formula is C24H30N6O. The summed E-state index contributed by atoms with van der Waals surface area (Å²) in [5, 5.41) is 1.93. The van der Waals surface area contributed by atoms with Crippen LogP contribution in [0.2, 0.25) is 0 Å². The van der Waals surface area contributed by atoms with E-state index in [4.69, 9.17) is 16.5 Å². The molecule has 7 heteroatoms. The number of carbonyl (C=O) groups is 1. The third-order valence-corrected chi connectivity index (χ3v) is 5.30. The lowest BCUT2D eigenvalue weighted by atomic mass is 9.94. The van der Waals surface area contributed by atoms with Crippen LogP contribution in [0.15, 0.2) is 52.2 Å². The zero-order valence-corrected chi connectivity index (χ0v) is 18.6. The van der Waals surface area contributed by atoms with Gasteiger partial charge in [-0.05, 0) is 25.3 Å². The lowest BCUT2D eigenvalue weighted by Gasteiger charge is -2.30.